The highest BCUT2D eigenvalue weighted by atomic mass is 35.5. The van der Waals surface area contributed by atoms with Gasteiger partial charge >= 0.3 is 6.36 Å². The minimum atomic E-state index is -4.72. The summed E-state index contributed by atoms with van der Waals surface area (Å²) in [6.45, 7) is 0. The van der Waals surface area contributed by atoms with E-state index in [1.807, 2.05) is 0 Å². The Labute approximate surface area is 118 Å². The fourth-order valence-electron chi connectivity index (χ4n) is 1.72. The zero-order valence-corrected chi connectivity index (χ0v) is 11.1. The van der Waals surface area contributed by atoms with Crippen LogP contribution in [0, 0.1) is 0 Å². The Kier molecular flexibility index (Phi) is 4.09. The molecule has 2 rings (SSSR count). The second-order valence-corrected chi connectivity index (χ2v) is 4.39. The summed E-state index contributed by atoms with van der Waals surface area (Å²) < 4.78 is 45.5. The Morgan fingerprint density at radius 3 is 2.30 bits per heavy atom. The van der Waals surface area contributed by atoms with Gasteiger partial charge in [-0.05, 0) is 41.5 Å². The largest absolute Gasteiger partial charge is 0.573 e. The lowest BCUT2D eigenvalue weighted by atomic mass is 10.1. The Morgan fingerprint density at radius 1 is 0.950 bits per heavy atom. The molecule has 106 valence electrons. The van der Waals surface area contributed by atoms with E-state index in [2.05, 4.69) is 4.74 Å². The van der Waals surface area contributed by atoms with Crippen LogP contribution < -0.4 is 9.47 Å². The highest BCUT2D eigenvalue weighted by Gasteiger charge is 2.31. The van der Waals surface area contributed by atoms with Crippen molar-refractivity contribution in [3.05, 3.63) is 47.5 Å². The van der Waals surface area contributed by atoms with E-state index in [-0.39, 0.29) is 5.75 Å². The number of methoxy groups -OCH3 is 1. The predicted molar refractivity (Wildman–Crippen MR) is 70.1 cm³/mol. The van der Waals surface area contributed by atoms with Gasteiger partial charge in [-0.25, -0.2) is 0 Å². The molecule has 0 heterocycles. The number of rotatable bonds is 3. The molecule has 0 fully saturated rings. The molecule has 0 saturated carbocycles. The van der Waals surface area contributed by atoms with Crippen LogP contribution in [-0.4, -0.2) is 13.5 Å². The molecule has 0 spiro atoms. The van der Waals surface area contributed by atoms with Gasteiger partial charge in [-0.3, -0.25) is 0 Å². The normalized spacial score (nSPS) is 11.2. The third kappa shape index (κ3) is 3.81. The molecule has 0 atom stereocenters. The molecular formula is C14H10ClF3O2. The lowest BCUT2D eigenvalue weighted by Gasteiger charge is -2.11. The molecule has 0 radical (unpaired) electrons. The molecule has 0 N–H and O–H groups in total. The maximum atomic E-state index is 12.2. The van der Waals surface area contributed by atoms with E-state index in [0.717, 1.165) is 0 Å². The van der Waals surface area contributed by atoms with Crippen molar-refractivity contribution in [2.24, 2.45) is 0 Å². The molecule has 2 nitrogen and oxygen atoms in total. The molecular weight excluding hydrogens is 293 g/mol. The van der Waals surface area contributed by atoms with Gasteiger partial charge in [-0.15, -0.1) is 13.2 Å². The SMILES string of the molecule is COc1cc(Cl)cc(-c2cccc(OC(F)(F)F)c2)c1. The van der Waals surface area contributed by atoms with Crippen LogP contribution in [0.5, 0.6) is 11.5 Å². The first-order chi connectivity index (χ1) is 9.37. The smallest absolute Gasteiger partial charge is 0.497 e. The van der Waals surface area contributed by atoms with Crippen LogP contribution in [0.2, 0.25) is 5.02 Å². The molecule has 0 unspecified atom stereocenters. The second-order valence-electron chi connectivity index (χ2n) is 3.96. The van der Waals surface area contributed by atoms with E-state index in [1.54, 1.807) is 24.3 Å². The molecule has 2 aromatic carbocycles. The van der Waals surface area contributed by atoms with Gasteiger partial charge in [-0.1, -0.05) is 23.7 Å². The van der Waals surface area contributed by atoms with E-state index in [4.69, 9.17) is 16.3 Å². The summed E-state index contributed by atoms with van der Waals surface area (Å²) in [6.07, 6.45) is -4.72. The molecule has 0 aliphatic carbocycles. The van der Waals surface area contributed by atoms with Crippen molar-refractivity contribution >= 4 is 11.6 Å². The first-order valence-corrected chi connectivity index (χ1v) is 5.96. The number of hydrogen-bond acceptors (Lipinski definition) is 2. The van der Waals surface area contributed by atoms with E-state index in [9.17, 15) is 13.2 Å². The van der Waals surface area contributed by atoms with Gasteiger partial charge in [0.15, 0.2) is 0 Å². The summed E-state index contributed by atoms with van der Waals surface area (Å²) in [7, 11) is 1.48. The zero-order valence-electron chi connectivity index (χ0n) is 10.4. The van der Waals surface area contributed by atoms with Crippen molar-refractivity contribution in [3.63, 3.8) is 0 Å². The molecule has 0 aromatic heterocycles. The minimum absolute atomic E-state index is 0.283. The quantitative estimate of drug-likeness (QED) is 0.801. The van der Waals surface area contributed by atoms with E-state index < -0.39 is 6.36 Å². The van der Waals surface area contributed by atoms with Gasteiger partial charge in [0, 0.05) is 5.02 Å². The van der Waals surface area contributed by atoms with E-state index in [1.165, 1.54) is 25.3 Å². The van der Waals surface area contributed by atoms with Crippen LogP contribution in [0.15, 0.2) is 42.5 Å². The van der Waals surface area contributed by atoms with Crippen molar-refractivity contribution in [2.45, 2.75) is 6.36 Å². The van der Waals surface area contributed by atoms with Gasteiger partial charge in [0.25, 0.3) is 0 Å². The molecule has 0 bridgehead atoms. The lowest BCUT2D eigenvalue weighted by molar-refractivity contribution is -0.274. The fourth-order valence-corrected chi connectivity index (χ4v) is 1.95. The number of alkyl halides is 3. The molecule has 0 amide bonds. The Hall–Kier alpha value is -1.88. The molecule has 2 aromatic rings. The first-order valence-electron chi connectivity index (χ1n) is 5.58. The lowest BCUT2D eigenvalue weighted by Crippen LogP contribution is -2.17. The summed E-state index contributed by atoms with van der Waals surface area (Å²) in [4.78, 5) is 0. The first kappa shape index (κ1) is 14.5. The predicted octanol–water partition coefficient (Wildman–Crippen LogP) is 4.91. The molecule has 0 aliphatic heterocycles. The van der Waals surface area contributed by atoms with Crippen molar-refractivity contribution < 1.29 is 22.6 Å². The maximum absolute atomic E-state index is 12.2. The average molecular weight is 303 g/mol. The van der Waals surface area contributed by atoms with Crippen LogP contribution >= 0.6 is 11.6 Å². The van der Waals surface area contributed by atoms with Crippen molar-refractivity contribution in [1.82, 2.24) is 0 Å². The zero-order chi connectivity index (χ0) is 14.8. The minimum Gasteiger partial charge on any atom is -0.497 e. The Morgan fingerprint density at radius 2 is 1.65 bits per heavy atom. The summed E-state index contributed by atoms with van der Waals surface area (Å²) in [6, 6.07) is 10.6. The third-order valence-corrected chi connectivity index (χ3v) is 2.73. The number of benzene rings is 2. The van der Waals surface area contributed by atoms with Gasteiger partial charge in [0.2, 0.25) is 0 Å². The van der Waals surface area contributed by atoms with Gasteiger partial charge in [0.1, 0.15) is 11.5 Å². The van der Waals surface area contributed by atoms with Gasteiger partial charge in [0.05, 0.1) is 7.11 Å². The summed E-state index contributed by atoms with van der Waals surface area (Å²) in [5, 5.41) is 0.432. The average Bonchev–Trinajstić information content (AvgIpc) is 2.36. The highest BCUT2D eigenvalue weighted by molar-refractivity contribution is 6.31. The summed E-state index contributed by atoms with van der Waals surface area (Å²) in [5.74, 6) is 0.239. The Balaban J connectivity index is 2.38. The van der Waals surface area contributed by atoms with Crippen LogP contribution in [-0.2, 0) is 0 Å². The molecule has 0 aliphatic rings. The summed E-state index contributed by atoms with van der Waals surface area (Å²) in [5.41, 5.74) is 1.19. The van der Waals surface area contributed by atoms with Crippen molar-refractivity contribution in [2.75, 3.05) is 7.11 Å². The van der Waals surface area contributed by atoms with Crippen molar-refractivity contribution in [1.29, 1.82) is 0 Å². The van der Waals surface area contributed by atoms with Gasteiger partial charge in [-0.2, -0.15) is 0 Å². The topological polar surface area (TPSA) is 18.5 Å². The van der Waals surface area contributed by atoms with Gasteiger partial charge < -0.3 is 9.47 Å². The van der Waals surface area contributed by atoms with Crippen LogP contribution in [0.25, 0.3) is 11.1 Å². The van der Waals surface area contributed by atoms with Crippen molar-refractivity contribution in [3.8, 4) is 22.6 Å². The number of halogens is 4. The van der Waals surface area contributed by atoms with Crippen LogP contribution in [0.1, 0.15) is 0 Å². The second kappa shape index (κ2) is 5.63. The third-order valence-electron chi connectivity index (χ3n) is 2.51. The monoisotopic (exact) mass is 302 g/mol. The fraction of sp³-hybridized carbons (Fsp3) is 0.143. The molecule has 0 saturated heterocycles. The van der Waals surface area contributed by atoms with E-state index in [0.29, 0.717) is 21.9 Å². The molecule has 6 heteroatoms. The van der Waals surface area contributed by atoms with Crippen LogP contribution in [0.3, 0.4) is 0 Å². The van der Waals surface area contributed by atoms with Crippen LogP contribution in [0.4, 0.5) is 13.2 Å². The standard InChI is InChI=1S/C14H10ClF3O2/c1-19-13-7-10(5-11(15)8-13)9-3-2-4-12(6-9)20-14(16,17)18/h2-8H,1H3. The number of hydrogen-bond donors (Lipinski definition) is 0. The Bertz CT molecular complexity index is 612. The number of ether oxygens (including phenoxy) is 2. The summed E-state index contributed by atoms with van der Waals surface area (Å²) >= 11 is 5.93. The highest BCUT2D eigenvalue weighted by Crippen LogP contribution is 2.31. The molecule has 20 heavy (non-hydrogen) atoms. The maximum Gasteiger partial charge on any atom is 0.573 e. The van der Waals surface area contributed by atoms with E-state index >= 15 is 0 Å².